The molecule has 9 heteroatoms. The summed E-state index contributed by atoms with van der Waals surface area (Å²) >= 11 is 0. The summed E-state index contributed by atoms with van der Waals surface area (Å²) in [4.78, 5) is 36.1. The van der Waals surface area contributed by atoms with Gasteiger partial charge < -0.3 is 28.4 Å². The SMILES string of the molecule is C=C(C)C(=O)OC1OC(OC)C(OC(=O)C(=C)C)C(OC(=O)C(=C)C)C1OC. The highest BCUT2D eigenvalue weighted by molar-refractivity contribution is 5.88. The molecule has 1 aliphatic rings. The van der Waals surface area contributed by atoms with Gasteiger partial charge in [0.05, 0.1) is 0 Å². The van der Waals surface area contributed by atoms with Crippen LogP contribution in [0, 0.1) is 0 Å². The first-order valence-electron chi connectivity index (χ1n) is 8.34. The standard InChI is InChI=1S/C19H26O9/c1-9(2)15(20)25-12-13(23-7)19(27-17(22)11(5)6)28-18(24-8)14(12)26-16(21)10(3)4/h12-14,18-19H,1,3,5H2,2,4,6-8H3. The van der Waals surface area contributed by atoms with Gasteiger partial charge in [0.15, 0.2) is 18.3 Å². The number of carbonyl (C=O) groups excluding carboxylic acids is 3. The van der Waals surface area contributed by atoms with Crippen molar-refractivity contribution in [2.75, 3.05) is 14.2 Å². The van der Waals surface area contributed by atoms with Crippen LogP contribution in [0.25, 0.3) is 0 Å². The molecule has 5 atom stereocenters. The first-order chi connectivity index (χ1) is 13.0. The Bertz CT molecular complexity index is 666. The zero-order valence-electron chi connectivity index (χ0n) is 16.7. The third-order valence-corrected chi connectivity index (χ3v) is 3.71. The summed E-state index contributed by atoms with van der Waals surface area (Å²) in [6, 6.07) is 0. The van der Waals surface area contributed by atoms with Crippen LogP contribution < -0.4 is 0 Å². The van der Waals surface area contributed by atoms with Gasteiger partial charge in [0.2, 0.25) is 12.6 Å². The molecule has 0 radical (unpaired) electrons. The topological polar surface area (TPSA) is 107 Å². The summed E-state index contributed by atoms with van der Waals surface area (Å²) in [7, 11) is 2.58. The first-order valence-corrected chi connectivity index (χ1v) is 8.34. The van der Waals surface area contributed by atoms with Crippen LogP contribution in [0.1, 0.15) is 20.8 Å². The van der Waals surface area contributed by atoms with Crippen molar-refractivity contribution >= 4 is 17.9 Å². The monoisotopic (exact) mass is 398 g/mol. The van der Waals surface area contributed by atoms with E-state index in [1.165, 1.54) is 35.0 Å². The number of ether oxygens (including phenoxy) is 6. The summed E-state index contributed by atoms with van der Waals surface area (Å²) in [5.74, 6) is -2.26. The average Bonchev–Trinajstić information content (AvgIpc) is 2.62. The lowest BCUT2D eigenvalue weighted by molar-refractivity contribution is -0.341. The van der Waals surface area contributed by atoms with E-state index in [4.69, 9.17) is 28.4 Å². The Labute approximate surface area is 163 Å². The van der Waals surface area contributed by atoms with Crippen molar-refractivity contribution in [1.82, 2.24) is 0 Å². The quantitative estimate of drug-likeness (QED) is 0.341. The fourth-order valence-corrected chi connectivity index (χ4v) is 2.22. The van der Waals surface area contributed by atoms with Gasteiger partial charge in [0.1, 0.15) is 0 Å². The predicted molar refractivity (Wildman–Crippen MR) is 96.8 cm³/mol. The van der Waals surface area contributed by atoms with Crippen molar-refractivity contribution in [3.63, 3.8) is 0 Å². The Morgan fingerprint density at radius 3 is 1.46 bits per heavy atom. The molecule has 5 unspecified atom stereocenters. The third-order valence-electron chi connectivity index (χ3n) is 3.71. The van der Waals surface area contributed by atoms with Crippen LogP contribution in [-0.4, -0.2) is 63.0 Å². The van der Waals surface area contributed by atoms with Gasteiger partial charge in [0.25, 0.3) is 0 Å². The van der Waals surface area contributed by atoms with Gasteiger partial charge in [-0.05, 0) is 20.8 Å². The molecule has 0 aromatic rings. The molecule has 28 heavy (non-hydrogen) atoms. The molecule has 0 spiro atoms. The second-order valence-electron chi connectivity index (χ2n) is 6.30. The molecule has 156 valence electrons. The Kier molecular flexibility index (Phi) is 8.55. The predicted octanol–water partition coefficient (Wildman–Crippen LogP) is 1.43. The maximum absolute atomic E-state index is 12.1. The number of hydrogen-bond donors (Lipinski definition) is 0. The summed E-state index contributed by atoms with van der Waals surface area (Å²) in [6.45, 7) is 14.9. The zero-order chi connectivity index (χ0) is 21.6. The number of rotatable bonds is 8. The molecule has 1 aliphatic heterocycles. The molecular weight excluding hydrogens is 372 g/mol. The molecule has 1 heterocycles. The lowest BCUT2D eigenvalue weighted by atomic mass is 10.0. The number of carbonyl (C=O) groups is 3. The minimum atomic E-state index is -1.32. The second-order valence-corrected chi connectivity index (χ2v) is 6.30. The smallest absolute Gasteiger partial charge is 0.335 e. The summed E-state index contributed by atoms with van der Waals surface area (Å²) in [6.07, 6.45) is -6.11. The molecule has 1 saturated heterocycles. The summed E-state index contributed by atoms with van der Waals surface area (Å²) in [5.41, 5.74) is 0.346. The maximum Gasteiger partial charge on any atom is 0.335 e. The van der Waals surface area contributed by atoms with Crippen LogP contribution in [0.4, 0.5) is 0 Å². The number of methoxy groups -OCH3 is 2. The highest BCUT2D eigenvalue weighted by Crippen LogP contribution is 2.30. The van der Waals surface area contributed by atoms with E-state index in [1.807, 2.05) is 0 Å². The largest absolute Gasteiger partial charge is 0.452 e. The maximum atomic E-state index is 12.1. The van der Waals surface area contributed by atoms with Crippen LogP contribution >= 0.6 is 0 Å². The molecule has 0 aliphatic carbocycles. The summed E-state index contributed by atoms with van der Waals surface area (Å²) < 4.78 is 32.1. The fourth-order valence-electron chi connectivity index (χ4n) is 2.22. The Morgan fingerprint density at radius 2 is 1.07 bits per heavy atom. The number of hydrogen-bond acceptors (Lipinski definition) is 9. The van der Waals surface area contributed by atoms with Gasteiger partial charge in [-0.3, -0.25) is 0 Å². The average molecular weight is 398 g/mol. The van der Waals surface area contributed by atoms with Crippen molar-refractivity contribution < 1.29 is 42.8 Å². The van der Waals surface area contributed by atoms with Crippen molar-refractivity contribution in [2.24, 2.45) is 0 Å². The Balaban J connectivity index is 3.28. The molecule has 0 saturated carbocycles. The lowest BCUT2D eigenvalue weighted by Gasteiger charge is -2.43. The fraction of sp³-hybridized carbons (Fsp3) is 0.526. The van der Waals surface area contributed by atoms with Crippen molar-refractivity contribution in [2.45, 2.75) is 51.7 Å². The zero-order valence-corrected chi connectivity index (χ0v) is 16.7. The van der Waals surface area contributed by atoms with Gasteiger partial charge >= 0.3 is 17.9 Å². The van der Waals surface area contributed by atoms with Crippen molar-refractivity contribution in [3.05, 3.63) is 36.5 Å². The van der Waals surface area contributed by atoms with E-state index >= 15 is 0 Å². The van der Waals surface area contributed by atoms with Crippen LogP contribution in [0.15, 0.2) is 36.5 Å². The van der Waals surface area contributed by atoms with E-state index in [2.05, 4.69) is 19.7 Å². The van der Waals surface area contributed by atoms with Gasteiger partial charge in [-0.25, -0.2) is 14.4 Å². The van der Waals surface area contributed by atoms with E-state index < -0.39 is 48.8 Å². The second kappa shape index (κ2) is 10.2. The van der Waals surface area contributed by atoms with Gasteiger partial charge in [0, 0.05) is 30.9 Å². The molecule has 0 aromatic carbocycles. The minimum absolute atomic E-state index is 0.107. The van der Waals surface area contributed by atoms with E-state index in [-0.39, 0.29) is 16.7 Å². The lowest BCUT2D eigenvalue weighted by Crippen LogP contribution is -2.62. The molecule has 1 rings (SSSR count). The highest BCUT2D eigenvalue weighted by atomic mass is 16.8. The van der Waals surface area contributed by atoms with Gasteiger partial charge in [-0.2, -0.15) is 0 Å². The normalized spacial score (nSPS) is 26.7. The molecule has 0 amide bonds. The Morgan fingerprint density at radius 1 is 0.643 bits per heavy atom. The first kappa shape index (κ1) is 23.5. The molecule has 9 nitrogen and oxygen atoms in total. The van der Waals surface area contributed by atoms with E-state index in [1.54, 1.807) is 0 Å². The minimum Gasteiger partial charge on any atom is -0.452 e. The van der Waals surface area contributed by atoms with Crippen LogP contribution in [0.2, 0.25) is 0 Å². The van der Waals surface area contributed by atoms with Crippen LogP contribution in [-0.2, 0) is 42.8 Å². The molecule has 1 fully saturated rings. The van der Waals surface area contributed by atoms with E-state index in [9.17, 15) is 14.4 Å². The van der Waals surface area contributed by atoms with Gasteiger partial charge in [-0.1, -0.05) is 19.7 Å². The van der Waals surface area contributed by atoms with Crippen LogP contribution in [0.3, 0.4) is 0 Å². The molecular formula is C19H26O9. The Hall–Kier alpha value is -2.49. The van der Waals surface area contributed by atoms with E-state index in [0.29, 0.717) is 0 Å². The molecule has 0 bridgehead atoms. The van der Waals surface area contributed by atoms with Crippen LogP contribution in [0.5, 0.6) is 0 Å². The van der Waals surface area contributed by atoms with Crippen molar-refractivity contribution in [3.8, 4) is 0 Å². The molecule has 0 N–H and O–H groups in total. The summed E-state index contributed by atoms with van der Waals surface area (Å²) in [5, 5.41) is 0. The van der Waals surface area contributed by atoms with Gasteiger partial charge in [-0.15, -0.1) is 0 Å². The third kappa shape index (κ3) is 5.75. The highest BCUT2D eigenvalue weighted by Gasteiger charge is 2.52. The van der Waals surface area contributed by atoms with E-state index in [0.717, 1.165) is 0 Å². The number of esters is 3. The molecule has 0 aromatic heterocycles. The van der Waals surface area contributed by atoms with Crippen molar-refractivity contribution in [1.29, 1.82) is 0 Å².